The summed E-state index contributed by atoms with van der Waals surface area (Å²) in [5.74, 6) is -0.775. The molecule has 1 aliphatic carbocycles. The third-order valence-electron chi connectivity index (χ3n) is 5.93. The van der Waals surface area contributed by atoms with Crippen LogP contribution in [-0.2, 0) is 16.0 Å². The van der Waals surface area contributed by atoms with Crippen molar-refractivity contribution in [2.45, 2.75) is 52.4 Å². The van der Waals surface area contributed by atoms with Gasteiger partial charge in [0.2, 0.25) is 0 Å². The smallest absolute Gasteiger partial charge is 0.173 e. The van der Waals surface area contributed by atoms with Crippen molar-refractivity contribution in [2.75, 3.05) is 0 Å². The van der Waals surface area contributed by atoms with E-state index in [1.165, 1.54) is 24.3 Å². The highest BCUT2D eigenvalue weighted by molar-refractivity contribution is 6.07. The minimum Gasteiger partial charge on any atom is -0.510 e. The van der Waals surface area contributed by atoms with Gasteiger partial charge in [-0.05, 0) is 61.2 Å². The maximum Gasteiger partial charge on any atom is 0.173 e. The van der Waals surface area contributed by atoms with Gasteiger partial charge in [-0.15, -0.1) is 0 Å². The topological polar surface area (TPSA) is 83.8 Å². The Labute approximate surface area is 193 Å². The van der Waals surface area contributed by atoms with Crippen molar-refractivity contribution in [3.05, 3.63) is 83.1 Å². The molecule has 3 rings (SSSR count). The fourth-order valence-electron chi connectivity index (χ4n) is 4.29. The second-order valence-corrected chi connectivity index (χ2v) is 8.32. The van der Waals surface area contributed by atoms with E-state index in [0.29, 0.717) is 43.6 Å². The minimum atomic E-state index is -1.14. The molecule has 0 saturated heterocycles. The van der Waals surface area contributed by atoms with Crippen molar-refractivity contribution in [3.8, 4) is 11.5 Å². The molecule has 2 aromatic rings. The molecule has 2 aromatic carbocycles. The normalized spacial score (nSPS) is 15.4. The third kappa shape index (κ3) is 5.33. The Morgan fingerprint density at radius 1 is 0.939 bits per heavy atom. The molecule has 0 saturated carbocycles. The van der Waals surface area contributed by atoms with Gasteiger partial charge in [0.1, 0.15) is 28.8 Å². The van der Waals surface area contributed by atoms with Gasteiger partial charge >= 0.3 is 0 Å². The van der Waals surface area contributed by atoms with Crippen molar-refractivity contribution in [1.29, 1.82) is 0 Å². The summed E-state index contributed by atoms with van der Waals surface area (Å²) in [4.78, 5) is 25.6. The van der Waals surface area contributed by atoms with Crippen LogP contribution in [0.25, 0.3) is 0 Å². The van der Waals surface area contributed by atoms with Crippen LogP contribution in [0.15, 0.2) is 71.7 Å². The summed E-state index contributed by atoms with van der Waals surface area (Å²) in [5.41, 5.74) is -0.411. The number of rotatable bonds is 10. The zero-order valence-electron chi connectivity index (χ0n) is 18.9. The Balaban J connectivity index is 1.71. The first-order valence-electron chi connectivity index (χ1n) is 11.3. The van der Waals surface area contributed by atoms with E-state index in [1.54, 1.807) is 12.1 Å². The molecule has 174 valence electrons. The highest BCUT2D eigenvalue weighted by atomic mass is 19.1. The van der Waals surface area contributed by atoms with E-state index in [9.17, 15) is 24.2 Å². The van der Waals surface area contributed by atoms with Gasteiger partial charge in [-0.3, -0.25) is 9.59 Å². The molecular weight excluding hydrogens is 423 g/mol. The Kier molecular flexibility index (Phi) is 7.69. The Morgan fingerprint density at radius 3 is 2.03 bits per heavy atom. The summed E-state index contributed by atoms with van der Waals surface area (Å²) in [6.07, 6.45) is 3.71. The molecule has 33 heavy (non-hydrogen) atoms. The zero-order valence-corrected chi connectivity index (χ0v) is 18.9. The van der Waals surface area contributed by atoms with Gasteiger partial charge in [-0.25, -0.2) is 4.39 Å². The van der Waals surface area contributed by atoms with Crippen LogP contribution in [0, 0.1) is 11.2 Å². The summed E-state index contributed by atoms with van der Waals surface area (Å²) in [7, 11) is 0. The molecule has 0 bridgehead atoms. The highest BCUT2D eigenvalue weighted by Crippen LogP contribution is 2.43. The first-order valence-corrected chi connectivity index (χ1v) is 11.3. The number of carbonyl (C=O) groups is 2. The zero-order chi connectivity index (χ0) is 24.0. The number of ketones is 2. The van der Waals surface area contributed by atoms with Crippen molar-refractivity contribution < 1.29 is 28.9 Å². The summed E-state index contributed by atoms with van der Waals surface area (Å²) in [6.45, 7) is 3.84. The number of benzene rings is 2. The molecule has 0 aliphatic heterocycles. The average molecular weight is 453 g/mol. The predicted molar refractivity (Wildman–Crippen MR) is 124 cm³/mol. The van der Waals surface area contributed by atoms with Gasteiger partial charge in [0.25, 0.3) is 0 Å². The summed E-state index contributed by atoms with van der Waals surface area (Å²) in [6, 6.07) is 12.9. The fourth-order valence-corrected chi connectivity index (χ4v) is 4.29. The van der Waals surface area contributed by atoms with Crippen molar-refractivity contribution in [2.24, 2.45) is 5.41 Å². The molecule has 0 unspecified atom stereocenters. The summed E-state index contributed by atoms with van der Waals surface area (Å²) in [5, 5.41) is 21.2. The number of carbonyl (C=O) groups excluding carboxylic acids is 2. The number of hydrogen-bond acceptors (Lipinski definition) is 5. The van der Waals surface area contributed by atoms with Gasteiger partial charge < -0.3 is 14.9 Å². The molecule has 2 N–H and O–H groups in total. The molecule has 0 atom stereocenters. The molecule has 6 heteroatoms. The molecule has 0 radical (unpaired) electrons. The van der Waals surface area contributed by atoms with Crippen LogP contribution >= 0.6 is 0 Å². The minimum absolute atomic E-state index is 0.0674. The number of hydrogen-bond donors (Lipinski definition) is 2. The number of ether oxygens (including phenoxy) is 1. The van der Waals surface area contributed by atoms with Crippen molar-refractivity contribution >= 4 is 11.6 Å². The molecule has 0 spiro atoms. The van der Waals surface area contributed by atoms with Crippen molar-refractivity contribution in [1.82, 2.24) is 0 Å². The molecule has 5 nitrogen and oxygen atoms in total. The number of Topliss-reactive ketones (excluding diaryl/α,β-unsaturated/α-hetero) is 1. The second-order valence-electron chi connectivity index (χ2n) is 8.32. The Bertz CT molecular complexity index is 1060. The first kappa shape index (κ1) is 24.2. The molecule has 0 fully saturated rings. The number of halogens is 1. The quantitative estimate of drug-likeness (QED) is 0.427. The van der Waals surface area contributed by atoms with E-state index in [4.69, 9.17) is 4.74 Å². The van der Waals surface area contributed by atoms with Crippen LogP contribution in [0.3, 0.4) is 0 Å². The molecule has 1 aliphatic rings. The third-order valence-corrected chi connectivity index (χ3v) is 5.93. The molecule has 0 aromatic heterocycles. The first-order chi connectivity index (χ1) is 15.8. The van der Waals surface area contributed by atoms with Gasteiger partial charge in [0.15, 0.2) is 11.6 Å². The highest BCUT2D eigenvalue weighted by Gasteiger charge is 2.46. The summed E-state index contributed by atoms with van der Waals surface area (Å²) >= 11 is 0. The number of aryl methyl sites for hydroxylation is 1. The van der Waals surface area contributed by atoms with Crippen LogP contribution < -0.4 is 4.74 Å². The fraction of sp³-hybridized carbons (Fsp3) is 0.333. The van der Waals surface area contributed by atoms with Crippen LogP contribution in [0.2, 0.25) is 0 Å². The lowest BCUT2D eigenvalue weighted by molar-refractivity contribution is -0.125. The van der Waals surface area contributed by atoms with Gasteiger partial charge in [0.05, 0.1) is 11.0 Å². The SMILES string of the molecule is CCCC1(CCC)C(=O)C=C(O)C(C(=O)CCc2ccc(Oc3ccc(F)cc3)cc2)=C1O. The predicted octanol–water partition coefficient (Wildman–Crippen LogP) is 6.54. The number of allylic oxidation sites excluding steroid dienone is 3. The lowest BCUT2D eigenvalue weighted by Crippen LogP contribution is -2.37. The van der Waals surface area contributed by atoms with E-state index >= 15 is 0 Å². The Morgan fingerprint density at radius 2 is 1.48 bits per heavy atom. The number of aliphatic hydroxyl groups excluding tert-OH is 2. The van der Waals surface area contributed by atoms with Gasteiger partial charge in [-0.1, -0.05) is 38.8 Å². The largest absolute Gasteiger partial charge is 0.510 e. The van der Waals surface area contributed by atoms with Gasteiger partial charge in [0, 0.05) is 12.5 Å². The van der Waals surface area contributed by atoms with Crippen LogP contribution in [0.4, 0.5) is 4.39 Å². The standard InChI is InChI=1S/C27H29FO5/c1-3-15-27(16-4-2)24(31)17-23(30)25(26(27)32)22(29)14-7-18-5-10-20(11-6-18)33-21-12-8-19(28)9-13-21/h5-6,8-13,17,30,32H,3-4,7,14-16H2,1-2H3. The second kappa shape index (κ2) is 10.5. The van der Waals surface area contributed by atoms with E-state index in [-0.39, 0.29) is 29.4 Å². The monoisotopic (exact) mass is 452 g/mol. The summed E-state index contributed by atoms with van der Waals surface area (Å²) < 4.78 is 18.7. The van der Waals surface area contributed by atoms with E-state index in [2.05, 4.69) is 0 Å². The van der Waals surface area contributed by atoms with Crippen LogP contribution in [-0.4, -0.2) is 21.8 Å². The maximum atomic E-state index is 13.0. The van der Waals surface area contributed by atoms with Gasteiger partial charge in [-0.2, -0.15) is 0 Å². The van der Waals surface area contributed by atoms with Crippen molar-refractivity contribution in [3.63, 3.8) is 0 Å². The molecule has 0 amide bonds. The maximum absolute atomic E-state index is 13.0. The van der Waals surface area contributed by atoms with Crippen LogP contribution in [0.1, 0.15) is 51.5 Å². The van der Waals surface area contributed by atoms with Crippen LogP contribution in [0.5, 0.6) is 11.5 Å². The number of aliphatic hydroxyl groups is 2. The lowest BCUT2D eigenvalue weighted by Gasteiger charge is -2.34. The average Bonchev–Trinajstić information content (AvgIpc) is 2.79. The van der Waals surface area contributed by atoms with E-state index < -0.39 is 17.0 Å². The Hall–Kier alpha value is -3.41. The van der Waals surface area contributed by atoms with E-state index in [0.717, 1.165) is 11.6 Å². The molecule has 0 heterocycles. The lowest BCUT2D eigenvalue weighted by atomic mass is 9.69. The molecular formula is C27H29FO5. The van der Waals surface area contributed by atoms with E-state index in [1.807, 2.05) is 26.0 Å².